The van der Waals surface area contributed by atoms with Crippen molar-refractivity contribution < 1.29 is 18.3 Å². The number of aliphatic carboxylic acids is 1. The highest BCUT2D eigenvalue weighted by molar-refractivity contribution is 9.10. The summed E-state index contributed by atoms with van der Waals surface area (Å²) in [6.45, 7) is 0. The zero-order valence-corrected chi connectivity index (χ0v) is 21.8. The Morgan fingerprint density at radius 2 is 1.55 bits per heavy atom. The number of carboxylic acid groups (broad SMARTS) is 1. The number of carbonyl (C=O) groups is 1. The Hall–Kier alpha value is -1.97. The van der Waals surface area contributed by atoms with Crippen LogP contribution in [-0.4, -0.2) is 23.8 Å². The minimum Gasteiger partial charge on any atom is -0.478 e. The van der Waals surface area contributed by atoms with Gasteiger partial charge in [0.15, 0.2) is 0 Å². The number of rotatable bonds is 5. The maximum atomic E-state index is 14.0. The van der Waals surface area contributed by atoms with Crippen molar-refractivity contribution in [2.24, 2.45) is 0 Å². The minimum atomic E-state index is -4.11. The van der Waals surface area contributed by atoms with Gasteiger partial charge in [-0.3, -0.25) is 0 Å². The first-order valence-corrected chi connectivity index (χ1v) is 13.3. The third-order valence-corrected chi connectivity index (χ3v) is 8.65. The van der Waals surface area contributed by atoms with Gasteiger partial charge in [0.25, 0.3) is 0 Å². The van der Waals surface area contributed by atoms with Crippen LogP contribution in [0.15, 0.2) is 98.3 Å². The summed E-state index contributed by atoms with van der Waals surface area (Å²) in [5.74, 6) is -1.18. The van der Waals surface area contributed by atoms with Crippen LogP contribution >= 0.6 is 43.5 Å². The Morgan fingerprint density at radius 1 is 0.939 bits per heavy atom. The molecule has 0 unspecified atom stereocenters. The zero-order chi connectivity index (χ0) is 23.8. The molecule has 3 aromatic carbocycles. The van der Waals surface area contributed by atoms with E-state index in [2.05, 4.69) is 31.9 Å². The standard InChI is InChI=1S/C24H18Br2ClNO4S/c25-17-6-4-15(5-7-17)22-13-12-21(24(29)30)23(16-2-1-3-19(27)14-16)28(22)33(31,32)20-10-8-18(26)9-11-20/h1-12,14,22-23H,13H2,(H,29,30)/t22-,23-/m0/s1. The molecule has 0 aromatic heterocycles. The highest BCUT2D eigenvalue weighted by Crippen LogP contribution is 2.46. The fourth-order valence-electron chi connectivity index (χ4n) is 3.98. The van der Waals surface area contributed by atoms with Gasteiger partial charge in [-0.2, -0.15) is 4.31 Å². The Kier molecular flexibility index (Phi) is 7.12. The van der Waals surface area contributed by atoms with Crippen LogP contribution in [0.2, 0.25) is 5.02 Å². The lowest BCUT2D eigenvalue weighted by molar-refractivity contribution is -0.133. The van der Waals surface area contributed by atoms with E-state index >= 15 is 0 Å². The van der Waals surface area contributed by atoms with Gasteiger partial charge in [0.2, 0.25) is 10.0 Å². The molecule has 0 bridgehead atoms. The third kappa shape index (κ3) is 4.95. The molecule has 1 N–H and O–H groups in total. The highest BCUT2D eigenvalue weighted by Gasteiger charge is 2.44. The van der Waals surface area contributed by atoms with Crippen LogP contribution in [0.4, 0.5) is 0 Å². The van der Waals surface area contributed by atoms with Crippen LogP contribution in [0.25, 0.3) is 0 Å². The van der Waals surface area contributed by atoms with Crippen LogP contribution in [0, 0.1) is 0 Å². The molecule has 0 spiro atoms. The summed E-state index contributed by atoms with van der Waals surface area (Å²) in [4.78, 5) is 12.3. The fraction of sp³-hybridized carbons (Fsp3) is 0.125. The predicted octanol–water partition coefficient (Wildman–Crippen LogP) is 6.75. The molecular weight excluding hydrogens is 594 g/mol. The molecule has 0 fully saturated rings. The monoisotopic (exact) mass is 609 g/mol. The average molecular weight is 612 g/mol. The number of nitrogens with zero attached hydrogens (tertiary/aromatic N) is 1. The molecule has 0 aliphatic carbocycles. The van der Waals surface area contributed by atoms with Gasteiger partial charge in [-0.25, -0.2) is 13.2 Å². The van der Waals surface area contributed by atoms with Gasteiger partial charge in [-0.1, -0.05) is 73.8 Å². The minimum absolute atomic E-state index is 0.00804. The summed E-state index contributed by atoms with van der Waals surface area (Å²) in [6, 6.07) is 18.6. The quantitative estimate of drug-likeness (QED) is 0.346. The summed E-state index contributed by atoms with van der Waals surface area (Å²) in [6.07, 6.45) is 1.82. The molecule has 170 valence electrons. The summed E-state index contributed by atoms with van der Waals surface area (Å²) < 4.78 is 31.0. The van der Waals surface area contributed by atoms with Gasteiger partial charge in [-0.05, 0) is 66.1 Å². The summed E-state index contributed by atoms with van der Waals surface area (Å²) in [5, 5.41) is 10.4. The van der Waals surface area contributed by atoms with E-state index in [1.807, 2.05) is 24.3 Å². The number of sulfonamides is 1. The smallest absolute Gasteiger partial charge is 0.333 e. The van der Waals surface area contributed by atoms with Gasteiger partial charge in [0.1, 0.15) is 0 Å². The second-order valence-electron chi connectivity index (χ2n) is 7.51. The average Bonchev–Trinajstić information content (AvgIpc) is 2.79. The molecule has 1 aliphatic heterocycles. The van der Waals surface area contributed by atoms with Crippen LogP contribution in [-0.2, 0) is 14.8 Å². The molecule has 0 saturated carbocycles. The predicted molar refractivity (Wildman–Crippen MR) is 135 cm³/mol. The number of hydrogen-bond donors (Lipinski definition) is 1. The lowest BCUT2D eigenvalue weighted by Gasteiger charge is -2.40. The van der Waals surface area contributed by atoms with Gasteiger partial charge >= 0.3 is 5.97 Å². The van der Waals surface area contributed by atoms with Crippen molar-refractivity contribution in [2.45, 2.75) is 23.4 Å². The first-order chi connectivity index (χ1) is 15.7. The van der Waals surface area contributed by atoms with Crippen molar-refractivity contribution >= 4 is 59.5 Å². The van der Waals surface area contributed by atoms with Crippen LogP contribution in [0.3, 0.4) is 0 Å². The lowest BCUT2D eigenvalue weighted by atomic mass is 9.89. The number of halogens is 3. The van der Waals surface area contributed by atoms with E-state index in [0.717, 1.165) is 14.5 Å². The van der Waals surface area contributed by atoms with Crippen molar-refractivity contribution in [3.63, 3.8) is 0 Å². The topological polar surface area (TPSA) is 74.7 Å². The molecule has 5 nitrogen and oxygen atoms in total. The third-order valence-electron chi connectivity index (χ3n) is 5.47. The van der Waals surface area contributed by atoms with Crippen LogP contribution in [0.1, 0.15) is 29.6 Å². The maximum Gasteiger partial charge on any atom is 0.333 e. The van der Waals surface area contributed by atoms with E-state index < -0.39 is 28.1 Å². The second kappa shape index (κ2) is 9.72. The number of carboxylic acids is 1. The number of hydrogen-bond acceptors (Lipinski definition) is 3. The fourth-order valence-corrected chi connectivity index (χ4v) is 6.49. The van der Waals surface area contributed by atoms with E-state index in [9.17, 15) is 18.3 Å². The zero-order valence-electron chi connectivity index (χ0n) is 17.0. The molecular formula is C24H18Br2ClNO4S. The van der Waals surface area contributed by atoms with Gasteiger partial charge in [0.05, 0.1) is 22.6 Å². The molecule has 3 aromatic rings. The van der Waals surface area contributed by atoms with Crippen LogP contribution < -0.4 is 0 Å². The van der Waals surface area contributed by atoms with E-state index in [0.29, 0.717) is 10.6 Å². The van der Waals surface area contributed by atoms with Crippen LogP contribution in [0.5, 0.6) is 0 Å². The summed E-state index contributed by atoms with van der Waals surface area (Å²) >= 11 is 13.0. The molecule has 0 radical (unpaired) electrons. The molecule has 0 amide bonds. The van der Waals surface area contributed by atoms with Crippen molar-refractivity contribution in [2.75, 3.05) is 0 Å². The van der Waals surface area contributed by atoms with Crippen molar-refractivity contribution in [1.29, 1.82) is 0 Å². The molecule has 9 heteroatoms. The van der Waals surface area contributed by atoms with Gasteiger partial charge in [-0.15, -0.1) is 0 Å². The molecule has 2 atom stereocenters. The first kappa shape index (κ1) is 24.2. The second-order valence-corrected chi connectivity index (χ2v) is 11.6. The number of benzene rings is 3. The highest BCUT2D eigenvalue weighted by atomic mass is 79.9. The molecule has 0 saturated heterocycles. The van der Waals surface area contributed by atoms with Crippen molar-refractivity contribution in [3.05, 3.63) is 110 Å². The molecule has 4 rings (SSSR count). The maximum absolute atomic E-state index is 14.0. The Balaban J connectivity index is 1.97. The van der Waals surface area contributed by atoms with E-state index in [-0.39, 0.29) is 16.9 Å². The normalized spacial score (nSPS) is 19.2. The first-order valence-electron chi connectivity index (χ1n) is 9.92. The Labute approximate surface area is 214 Å². The largest absolute Gasteiger partial charge is 0.478 e. The molecule has 1 heterocycles. The SMILES string of the molecule is O=C(O)C1=CC[C@@H](c2ccc(Br)cc2)N(S(=O)(=O)c2ccc(Br)cc2)[C@H]1c1cccc(Cl)c1. The summed E-state index contributed by atoms with van der Waals surface area (Å²) in [7, 11) is -4.11. The van der Waals surface area contributed by atoms with Crippen molar-refractivity contribution in [3.8, 4) is 0 Å². The van der Waals surface area contributed by atoms with Crippen molar-refractivity contribution in [1.82, 2.24) is 4.31 Å². The Bertz CT molecular complexity index is 1330. The molecule has 33 heavy (non-hydrogen) atoms. The lowest BCUT2D eigenvalue weighted by Crippen LogP contribution is -2.42. The van der Waals surface area contributed by atoms with Gasteiger partial charge in [0, 0.05) is 14.0 Å². The van der Waals surface area contributed by atoms with Gasteiger partial charge < -0.3 is 5.11 Å². The van der Waals surface area contributed by atoms with E-state index in [4.69, 9.17) is 11.6 Å². The summed E-state index contributed by atoms with van der Waals surface area (Å²) in [5.41, 5.74) is 1.23. The van der Waals surface area contributed by atoms with E-state index in [1.54, 1.807) is 42.5 Å². The van der Waals surface area contributed by atoms with E-state index in [1.165, 1.54) is 16.4 Å². The Morgan fingerprint density at radius 3 is 2.12 bits per heavy atom. The molecule has 1 aliphatic rings.